The summed E-state index contributed by atoms with van der Waals surface area (Å²) in [5.41, 5.74) is 0.394. The maximum absolute atomic E-state index is 6.00. The van der Waals surface area contributed by atoms with Crippen molar-refractivity contribution >= 4 is 35.7 Å². The van der Waals surface area contributed by atoms with Crippen molar-refractivity contribution in [3.63, 3.8) is 0 Å². The fourth-order valence-electron chi connectivity index (χ4n) is 1.32. The van der Waals surface area contributed by atoms with Crippen LogP contribution in [0, 0.1) is 0 Å². The molecule has 2 heterocycles. The van der Waals surface area contributed by atoms with Crippen LogP contribution >= 0.6 is 0 Å². The van der Waals surface area contributed by atoms with E-state index in [1.54, 1.807) is 0 Å². The van der Waals surface area contributed by atoms with E-state index in [1.165, 1.54) is 0 Å². The normalized spacial score (nSPS) is 34.2. The van der Waals surface area contributed by atoms with E-state index < -0.39 is 25.7 Å². The van der Waals surface area contributed by atoms with Crippen LogP contribution in [0.4, 0.5) is 0 Å². The Morgan fingerprint density at radius 2 is 2.13 bits per heavy atom. The molecule has 0 bridgehead atoms. The van der Waals surface area contributed by atoms with Crippen molar-refractivity contribution in [3.05, 3.63) is 0 Å². The molecule has 1 unspecified atom stereocenters. The van der Waals surface area contributed by atoms with Crippen LogP contribution in [-0.4, -0.2) is 48.0 Å². The summed E-state index contributed by atoms with van der Waals surface area (Å²) in [6.07, 6.45) is 2.19. The minimum Gasteiger partial charge on any atom is -0.435 e. The Labute approximate surface area is 97.8 Å². The second-order valence-electron chi connectivity index (χ2n) is 4.27. The van der Waals surface area contributed by atoms with Gasteiger partial charge < -0.3 is 17.1 Å². The van der Waals surface area contributed by atoms with Gasteiger partial charge in [-0.15, -0.1) is 0 Å². The predicted molar refractivity (Wildman–Crippen MR) is 62.8 cm³/mol. The summed E-state index contributed by atoms with van der Waals surface area (Å²) < 4.78 is 22.8. The maximum atomic E-state index is 6.00. The largest absolute Gasteiger partial charge is 0.435 e. The molecular weight excluding hydrogens is 260 g/mol. The van der Waals surface area contributed by atoms with Crippen LogP contribution < -0.4 is 0 Å². The first kappa shape index (κ1) is 12.2. The molecule has 4 radical (unpaired) electrons. The molecule has 0 spiro atoms. The molecule has 2 fully saturated rings. The van der Waals surface area contributed by atoms with Crippen LogP contribution in [0.1, 0.15) is 12.8 Å². The molecule has 0 aliphatic carbocycles. The highest BCUT2D eigenvalue weighted by Crippen LogP contribution is 2.24. The van der Waals surface area contributed by atoms with E-state index in [9.17, 15) is 0 Å². The average Bonchev–Trinajstić information content (AvgIpc) is 2.90. The van der Waals surface area contributed by atoms with Gasteiger partial charge in [0.25, 0.3) is 0 Å². The smallest absolute Gasteiger partial charge is 0.411 e. The van der Waals surface area contributed by atoms with Gasteiger partial charge in [-0.1, -0.05) is 0 Å². The number of fused-ring (bicyclic) bond motifs is 1. The third-order valence-corrected chi connectivity index (χ3v) is 15.7. The second-order valence-corrected chi connectivity index (χ2v) is 17.7. The molecule has 84 valence electrons. The lowest BCUT2D eigenvalue weighted by atomic mass is 10.3. The lowest BCUT2D eigenvalue weighted by Gasteiger charge is -2.27. The molecule has 0 amide bonds. The minimum atomic E-state index is -1.58. The van der Waals surface area contributed by atoms with Crippen LogP contribution in [-0.2, 0) is 17.1 Å². The summed E-state index contributed by atoms with van der Waals surface area (Å²) in [4.78, 5) is 0. The zero-order chi connectivity index (χ0) is 10.9. The molecule has 15 heavy (non-hydrogen) atoms. The molecule has 4 nitrogen and oxygen atoms in total. The number of hydrogen-bond donors (Lipinski definition) is 0. The quantitative estimate of drug-likeness (QED) is 0.482. The van der Waals surface area contributed by atoms with Crippen molar-refractivity contribution < 1.29 is 17.1 Å². The highest BCUT2D eigenvalue weighted by atomic mass is 29.3. The van der Waals surface area contributed by atoms with E-state index >= 15 is 0 Å². The van der Waals surface area contributed by atoms with E-state index in [-0.39, 0.29) is 10.0 Å². The molecule has 2 aliphatic heterocycles. The van der Waals surface area contributed by atoms with Crippen molar-refractivity contribution in [1.29, 1.82) is 0 Å². The van der Waals surface area contributed by atoms with Gasteiger partial charge in [0.1, 0.15) is 0 Å². The SMILES string of the molecule is C[Si]1O[Si]O[Si]2OC2CCCO[Si]1(C)C. The van der Waals surface area contributed by atoms with Crippen LogP contribution in [0.3, 0.4) is 0 Å². The summed E-state index contributed by atoms with van der Waals surface area (Å²) in [5, 5.41) is 0. The van der Waals surface area contributed by atoms with Crippen molar-refractivity contribution in [2.45, 2.75) is 38.2 Å². The summed E-state index contributed by atoms with van der Waals surface area (Å²) in [5.74, 6) is 0. The molecule has 0 aromatic carbocycles. The Bertz CT molecular complexity index is 227. The van der Waals surface area contributed by atoms with Crippen LogP contribution in [0.15, 0.2) is 0 Å². The molecule has 2 aliphatic rings. The van der Waals surface area contributed by atoms with E-state index in [2.05, 4.69) is 19.6 Å². The monoisotopic (exact) mass is 276 g/mol. The van der Waals surface area contributed by atoms with Gasteiger partial charge in [-0.05, 0) is 32.5 Å². The van der Waals surface area contributed by atoms with E-state index in [0.717, 1.165) is 19.4 Å². The third kappa shape index (κ3) is 3.33. The molecule has 0 N–H and O–H groups in total. The fourth-order valence-corrected chi connectivity index (χ4v) is 9.66. The van der Waals surface area contributed by atoms with Crippen LogP contribution in [0.25, 0.3) is 0 Å². The highest BCUT2D eigenvalue weighted by Gasteiger charge is 2.46. The van der Waals surface area contributed by atoms with E-state index in [4.69, 9.17) is 17.1 Å². The molecule has 0 aromatic rings. The lowest BCUT2D eigenvalue weighted by molar-refractivity contribution is 0.291. The molecule has 8 heteroatoms. The predicted octanol–water partition coefficient (Wildman–Crippen LogP) is 0.695. The summed E-state index contributed by atoms with van der Waals surface area (Å²) in [6.45, 7) is 7.54. The zero-order valence-corrected chi connectivity index (χ0v) is 13.3. The van der Waals surface area contributed by atoms with Gasteiger partial charge in [0.15, 0.2) is 0 Å². The summed E-state index contributed by atoms with van der Waals surface area (Å²) in [6, 6.07) is 0. The van der Waals surface area contributed by atoms with Crippen molar-refractivity contribution in [3.8, 4) is 0 Å². The summed E-state index contributed by atoms with van der Waals surface area (Å²) >= 11 is 0. The second kappa shape index (κ2) is 4.92. The van der Waals surface area contributed by atoms with Crippen LogP contribution in [0.2, 0.25) is 19.6 Å². The average molecular weight is 277 g/mol. The Kier molecular flexibility index (Phi) is 3.99. The summed E-state index contributed by atoms with van der Waals surface area (Å²) in [7, 11) is -3.17. The van der Waals surface area contributed by atoms with Gasteiger partial charge in [0, 0.05) is 6.61 Å². The Morgan fingerprint density at radius 1 is 1.33 bits per heavy atom. The first-order valence-electron chi connectivity index (χ1n) is 5.20. The topological polar surface area (TPSA) is 40.2 Å². The Balaban J connectivity index is 1.88. The van der Waals surface area contributed by atoms with Gasteiger partial charge in [-0.2, -0.15) is 0 Å². The fraction of sp³-hybridized carbons (Fsp3) is 1.00. The van der Waals surface area contributed by atoms with E-state index in [1.807, 2.05) is 0 Å². The standard InChI is InChI=1S/C7H16O4Si4/c1-13-10-12-11-14-7(9-14)5-4-6-8-15(13,2)3/h7H,4-6H2,1-3H3. The molecule has 2 rings (SSSR count). The first-order valence-corrected chi connectivity index (χ1v) is 13.2. The van der Waals surface area contributed by atoms with Gasteiger partial charge in [-0.3, -0.25) is 0 Å². The highest BCUT2D eigenvalue weighted by molar-refractivity contribution is 7.27. The third-order valence-electron chi connectivity index (χ3n) is 2.72. The van der Waals surface area contributed by atoms with Gasteiger partial charge in [0.05, 0.1) is 5.73 Å². The van der Waals surface area contributed by atoms with E-state index in [0.29, 0.717) is 5.73 Å². The molecule has 1 atom stereocenters. The maximum Gasteiger partial charge on any atom is 0.411 e. The van der Waals surface area contributed by atoms with Crippen molar-refractivity contribution in [2.75, 3.05) is 6.61 Å². The zero-order valence-electron chi connectivity index (χ0n) is 9.33. The van der Waals surface area contributed by atoms with Gasteiger partial charge in [0.2, 0.25) is 16.4 Å². The van der Waals surface area contributed by atoms with Crippen molar-refractivity contribution in [2.24, 2.45) is 0 Å². The number of rotatable bonds is 0. The van der Waals surface area contributed by atoms with Gasteiger partial charge in [-0.25, -0.2) is 0 Å². The first-order chi connectivity index (χ1) is 7.09. The molecule has 2 saturated heterocycles. The Hall–Kier alpha value is 0.708. The molecule has 0 saturated carbocycles. The van der Waals surface area contributed by atoms with Crippen molar-refractivity contribution in [1.82, 2.24) is 0 Å². The van der Waals surface area contributed by atoms with Gasteiger partial charge >= 0.3 is 19.3 Å². The lowest BCUT2D eigenvalue weighted by Crippen LogP contribution is -2.49. The number of hydrogen-bond acceptors (Lipinski definition) is 4. The molecular formula is C7H16O4Si4. The minimum absolute atomic E-state index is 0.169. The Morgan fingerprint density at radius 3 is 2.93 bits per heavy atom. The van der Waals surface area contributed by atoms with Crippen LogP contribution in [0.5, 0.6) is 0 Å². The molecule has 0 aromatic heterocycles.